The zero-order valence-electron chi connectivity index (χ0n) is 9.21. The molecule has 0 fully saturated rings. The van der Waals surface area contributed by atoms with Crippen molar-refractivity contribution < 1.29 is 0 Å². The summed E-state index contributed by atoms with van der Waals surface area (Å²) in [6.07, 6.45) is 6.42. The van der Waals surface area contributed by atoms with Crippen LogP contribution in [0.5, 0.6) is 0 Å². The first-order valence-corrected chi connectivity index (χ1v) is 6.18. The van der Waals surface area contributed by atoms with Crippen LogP contribution in [0, 0.1) is 0 Å². The molecule has 2 heterocycles. The highest BCUT2D eigenvalue weighted by molar-refractivity contribution is 7.98. The molecule has 0 saturated heterocycles. The normalized spacial score (nSPS) is 10.6. The van der Waals surface area contributed by atoms with Crippen LogP contribution in [0.2, 0.25) is 0 Å². The van der Waals surface area contributed by atoms with Gasteiger partial charge in [-0.25, -0.2) is 15.0 Å². The van der Waals surface area contributed by atoms with Crippen molar-refractivity contribution in [1.29, 1.82) is 0 Å². The molecule has 2 aromatic rings. The van der Waals surface area contributed by atoms with Gasteiger partial charge in [-0.3, -0.25) is 4.57 Å². The quantitative estimate of drug-likeness (QED) is 0.645. The van der Waals surface area contributed by atoms with E-state index in [-0.39, 0.29) is 0 Å². The van der Waals surface area contributed by atoms with Crippen molar-refractivity contribution in [3.63, 3.8) is 0 Å². The molecule has 0 bridgehead atoms. The van der Waals surface area contributed by atoms with E-state index in [9.17, 15) is 0 Å². The van der Waals surface area contributed by atoms with E-state index in [2.05, 4.69) is 21.9 Å². The maximum Gasteiger partial charge on any atom is 0.191 e. The molecule has 84 valence electrons. The van der Waals surface area contributed by atoms with E-state index in [1.165, 1.54) is 11.8 Å². The van der Waals surface area contributed by atoms with Crippen molar-refractivity contribution in [2.45, 2.75) is 18.5 Å². The molecule has 0 unspecified atom stereocenters. The van der Waals surface area contributed by atoms with Crippen LogP contribution in [-0.2, 0) is 6.42 Å². The van der Waals surface area contributed by atoms with Crippen LogP contribution in [0.15, 0.2) is 23.6 Å². The molecule has 0 spiro atoms. The van der Waals surface area contributed by atoms with Crippen molar-refractivity contribution in [3.8, 4) is 5.82 Å². The van der Waals surface area contributed by atoms with E-state index in [0.717, 1.165) is 18.1 Å². The molecule has 0 aliphatic heterocycles. The topological polar surface area (TPSA) is 69.6 Å². The number of hydrogen-bond acceptors (Lipinski definition) is 5. The summed E-state index contributed by atoms with van der Waals surface area (Å²) < 4.78 is 1.93. The average Bonchev–Trinajstić information content (AvgIpc) is 2.76. The van der Waals surface area contributed by atoms with Gasteiger partial charge in [-0.05, 0) is 6.26 Å². The Hall–Kier alpha value is -1.56. The standard InChI is InChI=1S/C10H13N5S/c1-3-8-12-4-5-15(8)9-6-7(11)13-10(14-9)16-2/h4-6H,3H2,1-2H3,(H2,11,13,14). The van der Waals surface area contributed by atoms with Crippen molar-refractivity contribution in [3.05, 3.63) is 24.3 Å². The molecule has 0 amide bonds. The van der Waals surface area contributed by atoms with E-state index in [0.29, 0.717) is 11.0 Å². The first-order valence-electron chi connectivity index (χ1n) is 4.95. The van der Waals surface area contributed by atoms with E-state index in [4.69, 9.17) is 5.73 Å². The van der Waals surface area contributed by atoms with Crippen LogP contribution < -0.4 is 5.73 Å². The second kappa shape index (κ2) is 4.52. The highest BCUT2D eigenvalue weighted by Crippen LogP contribution is 2.16. The maximum absolute atomic E-state index is 5.73. The third-order valence-corrected chi connectivity index (χ3v) is 2.72. The predicted molar refractivity (Wildman–Crippen MR) is 64.7 cm³/mol. The van der Waals surface area contributed by atoms with Gasteiger partial charge in [0.25, 0.3) is 0 Å². The lowest BCUT2D eigenvalue weighted by atomic mass is 10.4. The molecule has 16 heavy (non-hydrogen) atoms. The molecule has 0 atom stereocenters. The Morgan fingerprint density at radius 3 is 2.94 bits per heavy atom. The van der Waals surface area contributed by atoms with Crippen LogP contribution in [-0.4, -0.2) is 25.8 Å². The SMILES string of the molecule is CCc1nccn1-c1cc(N)nc(SC)n1. The van der Waals surface area contributed by atoms with Gasteiger partial charge in [-0.15, -0.1) is 0 Å². The summed E-state index contributed by atoms with van der Waals surface area (Å²) in [5.41, 5.74) is 5.73. The Morgan fingerprint density at radius 2 is 2.25 bits per heavy atom. The Morgan fingerprint density at radius 1 is 1.44 bits per heavy atom. The van der Waals surface area contributed by atoms with Crippen molar-refractivity contribution in [2.24, 2.45) is 0 Å². The minimum absolute atomic E-state index is 0.477. The number of nitrogens with two attached hydrogens (primary N) is 1. The largest absolute Gasteiger partial charge is 0.383 e. The summed E-state index contributed by atoms with van der Waals surface area (Å²) in [7, 11) is 0. The number of nitrogen functional groups attached to an aromatic ring is 1. The number of thioether (sulfide) groups is 1. The van der Waals surface area contributed by atoms with Gasteiger partial charge in [0.2, 0.25) is 0 Å². The van der Waals surface area contributed by atoms with Crippen LogP contribution >= 0.6 is 11.8 Å². The highest BCUT2D eigenvalue weighted by atomic mass is 32.2. The Labute approximate surface area is 98.1 Å². The van der Waals surface area contributed by atoms with Gasteiger partial charge in [-0.1, -0.05) is 18.7 Å². The van der Waals surface area contributed by atoms with Gasteiger partial charge in [0.1, 0.15) is 17.5 Å². The first kappa shape index (κ1) is 10.9. The fourth-order valence-electron chi connectivity index (χ4n) is 1.45. The Balaban J connectivity index is 2.51. The van der Waals surface area contributed by atoms with Crippen molar-refractivity contribution >= 4 is 17.6 Å². The van der Waals surface area contributed by atoms with Gasteiger partial charge < -0.3 is 5.73 Å². The summed E-state index contributed by atoms with van der Waals surface area (Å²) in [5.74, 6) is 2.21. The number of hydrogen-bond donors (Lipinski definition) is 1. The summed E-state index contributed by atoms with van der Waals surface area (Å²) in [6.45, 7) is 2.05. The molecule has 0 saturated carbocycles. The van der Waals surface area contributed by atoms with Crippen LogP contribution in [0.4, 0.5) is 5.82 Å². The Bertz CT molecular complexity index is 494. The van der Waals surface area contributed by atoms with Gasteiger partial charge in [0.05, 0.1) is 0 Å². The van der Waals surface area contributed by atoms with E-state index in [1.807, 2.05) is 17.0 Å². The molecule has 0 radical (unpaired) electrons. The van der Waals surface area contributed by atoms with Gasteiger partial charge in [0.15, 0.2) is 5.16 Å². The number of aryl methyl sites for hydroxylation is 1. The van der Waals surface area contributed by atoms with Crippen LogP contribution in [0.3, 0.4) is 0 Å². The van der Waals surface area contributed by atoms with E-state index < -0.39 is 0 Å². The summed E-state index contributed by atoms with van der Waals surface area (Å²) in [4.78, 5) is 12.8. The minimum atomic E-state index is 0.477. The molecule has 0 aliphatic rings. The van der Waals surface area contributed by atoms with E-state index in [1.54, 1.807) is 12.3 Å². The fraction of sp³-hybridized carbons (Fsp3) is 0.300. The molecule has 2 N–H and O–H groups in total. The van der Waals surface area contributed by atoms with Gasteiger partial charge in [0, 0.05) is 24.9 Å². The second-order valence-corrected chi connectivity index (χ2v) is 3.98. The molecule has 2 aromatic heterocycles. The third kappa shape index (κ3) is 2.01. The number of nitrogens with zero attached hydrogens (tertiary/aromatic N) is 4. The predicted octanol–water partition coefficient (Wildman–Crippen LogP) is 1.53. The van der Waals surface area contributed by atoms with Crippen LogP contribution in [0.25, 0.3) is 5.82 Å². The second-order valence-electron chi connectivity index (χ2n) is 3.20. The lowest BCUT2D eigenvalue weighted by molar-refractivity contribution is 0.834. The average molecular weight is 235 g/mol. The summed E-state index contributed by atoms with van der Waals surface area (Å²) in [5, 5.41) is 0.672. The number of rotatable bonds is 3. The molecule has 0 aliphatic carbocycles. The van der Waals surface area contributed by atoms with Crippen molar-refractivity contribution in [2.75, 3.05) is 12.0 Å². The molecule has 2 rings (SSSR count). The summed E-state index contributed by atoms with van der Waals surface area (Å²) in [6, 6.07) is 1.75. The maximum atomic E-state index is 5.73. The smallest absolute Gasteiger partial charge is 0.191 e. The number of imidazole rings is 1. The number of aromatic nitrogens is 4. The molecular weight excluding hydrogens is 222 g/mol. The molecule has 6 heteroatoms. The Kier molecular flexibility index (Phi) is 3.09. The summed E-state index contributed by atoms with van der Waals surface area (Å²) >= 11 is 1.47. The number of anilines is 1. The molecule has 5 nitrogen and oxygen atoms in total. The lowest BCUT2D eigenvalue weighted by Crippen LogP contribution is -2.05. The third-order valence-electron chi connectivity index (χ3n) is 2.17. The monoisotopic (exact) mass is 235 g/mol. The molecule has 0 aromatic carbocycles. The zero-order valence-corrected chi connectivity index (χ0v) is 10.0. The van der Waals surface area contributed by atoms with Crippen LogP contribution in [0.1, 0.15) is 12.7 Å². The minimum Gasteiger partial charge on any atom is -0.383 e. The molecular formula is C10H13N5S. The zero-order chi connectivity index (χ0) is 11.5. The van der Waals surface area contributed by atoms with Crippen molar-refractivity contribution in [1.82, 2.24) is 19.5 Å². The first-order chi connectivity index (χ1) is 7.74. The lowest BCUT2D eigenvalue weighted by Gasteiger charge is -2.07. The van der Waals surface area contributed by atoms with Gasteiger partial charge >= 0.3 is 0 Å². The fourth-order valence-corrected chi connectivity index (χ4v) is 1.83. The van der Waals surface area contributed by atoms with Gasteiger partial charge in [-0.2, -0.15) is 0 Å². The highest BCUT2D eigenvalue weighted by Gasteiger charge is 2.07. The van der Waals surface area contributed by atoms with E-state index >= 15 is 0 Å².